The Morgan fingerprint density at radius 2 is 2.25 bits per heavy atom. The quantitative estimate of drug-likeness (QED) is 0.821. The molecule has 0 spiro atoms. The first kappa shape index (κ1) is 11.5. The van der Waals surface area contributed by atoms with E-state index in [-0.39, 0.29) is 12.0 Å². The molecular formula is C10H15N3O2S. The zero-order valence-electron chi connectivity index (χ0n) is 8.93. The Labute approximate surface area is 98.2 Å². The summed E-state index contributed by atoms with van der Waals surface area (Å²) >= 11 is 1.04. The standard InChI is InChI=1S/C10H15N3O2S/c14-8-3-1-7(2-4-8)5-11-10(15)9-6-12-16-13-9/h6-8,14H,1-5H2,(H,11,15). The molecule has 1 aromatic rings. The fraction of sp³-hybridized carbons (Fsp3) is 0.700. The molecule has 1 aliphatic rings. The first-order chi connectivity index (χ1) is 7.75. The predicted molar refractivity (Wildman–Crippen MR) is 60.2 cm³/mol. The van der Waals surface area contributed by atoms with Crippen molar-refractivity contribution in [1.29, 1.82) is 0 Å². The smallest absolute Gasteiger partial charge is 0.272 e. The van der Waals surface area contributed by atoms with Crippen LogP contribution < -0.4 is 5.32 Å². The van der Waals surface area contributed by atoms with Gasteiger partial charge in [0.15, 0.2) is 5.69 Å². The van der Waals surface area contributed by atoms with Crippen molar-refractivity contribution >= 4 is 17.6 Å². The van der Waals surface area contributed by atoms with Crippen LogP contribution in [0.15, 0.2) is 6.20 Å². The van der Waals surface area contributed by atoms with E-state index in [1.54, 1.807) is 0 Å². The van der Waals surface area contributed by atoms with Crippen molar-refractivity contribution in [1.82, 2.24) is 14.1 Å². The molecule has 0 aliphatic heterocycles. The molecule has 0 bridgehead atoms. The molecule has 1 saturated carbocycles. The number of aromatic nitrogens is 2. The Balaban J connectivity index is 1.73. The summed E-state index contributed by atoms with van der Waals surface area (Å²) in [7, 11) is 0. The summed E-state index contributed by atoms with van der Waals surface area (Å²) in [6.45, 7) is 0.670. The maximum absolute atomic E-state index is 11.6. The zero-order chi connectivity index (χ0) is 11.4. The third kappa shape index (κ3) is 2.99. The lowest BCUT2D eigenvalue weighted by Gasteiger charge is -2.25. The number of amides is 1. The first-order valence-corrected chi connectivity index (χ1v) is 6.22. The molecule has 0 aromatic carbocycles. The van der Waals surface area contributed by atoms with Gasteiger partial charge in [-0.1, -0.05) is 0 Å². The van der Waals surface area contributed by atoms with Crippen molar-refractivity contribution in [3.05, 3.63) is 11.9 Å². The van der Waals surface area contributed by atoms with Gasteiger partial charge in [-0.25, -0.2) is 0 Å². The molecule has 0 unspecified atom stereocenters. The van der Waals surface area contributed by atoms with Gasteiger partial charge in [-0.15, -0.1) is 0 Å². The molecule has 2 N–H and O–H groups in total. The van der Waals surface area contributed by atoms with E-state index < -0.39 is 0 Å². The number of hydrogen-bond acceptors (Lipinski definition) is 5. The highest BCUT2D eigenvalue weighted by atomic mass is 32.1. The Kier molecular flexibility index (Phi) is 3.84. The van der Waals surface area contributed by atoms with Gasteiger partial charge in [0, 0.05) is 6.54 Å². The van der Waals surface area contributed by atoms with Crippen LogP contribution in [-0.4, -0.2) is 32.4 Å². The van der Waals surface area contributed by atoms with Crippen LogP contribution in [0.25, 0.3) is 0 Å². The van der Waals surface area contributed by atoms with E-state index in [1.807, 2.05) is 0 Å². The minimum atomic E-state index is -0.153. The molecular weight excluding hydrogens is 226 g/mol. The molecule has 1 aliphatic carbocycles. The molecule has 5 nitrogen and oxygen atoms in total. The second-order valence-corrected chi connectivity index (χ2v) is 4.73. The molecule has 6 heteroatoms. The van der Waals surface area contributed by atoms with E-state index in [0.717, 1.165) is 37.4 Å². The van der Waals surface area contributed by atoms with Crippen LogP contribution in [0.2, 0.25) is 0 Å². The lowest BCUT2D eigenvalue weighted by Crippen LogP contribution is -2.32. The molecule has 0 saturated heterocycles. The number of carbonyl (C=O) groups excluding carboxylic acids is 1. The maximum Gasteiger partial charge on any atom is 0.272 e. The second-order valence-electron chi connectivity index (χ2n) is 4.18. The van der Waals surface area contributed by atoms with Gasteiger partial charge >= 0.3 is 0 Å². The number of aliphatic hydroxyl groups is 1. The van der Waals surface area contributed by atoms with Crippen molar-refractivity contribution in [3.63, 3.8) is 0 Å². The molecule has 88 valence electrons. The van der Waals surface area contributed by atoms with E-state index >= 15 is 0 Å². The number of carbonyl (C=O) groups is 1. The molecule has 16 heavy (non-hydrogen) atoms. The van der Waals surface area contributed by atoms with Gasteiger partial charge in [0.1, 0.15) is 0 Å². The molecule has 1 aromatic heterocycles. The highest BCUT2D eigenvalue weighted by Gasteiger charge is 2.20. The van der Waals surface area contributed by atoms with E-state index in [9.17, 15) is 9.90 Å². The van der Waals surface area contributed by atoms with Gasteiger partial charge < -0.3 is 10.4 Å². The van der Waals surface area contributed by atoms with E-state index in [2.05, 4.69) is 14.1 Å². The van der Waals surface area contributed by atoms with Gasteiger partial charge in [-0.3, -0.25) is 4.79 Å². The summed E-state index contributed by atoms with van der Waals surface area (Å²) in [5, 5.41) is 12.2. The van der Waals surface area contributed by atoms with Crippen molar-refractivity contribution in [2.45, 2.75) is 31.8 Å². The van der Waals surface area contributed by atoms with Crippen LogP contribution in [0.4, 0.5) is 0 Å². The van der Waals surface area contributed by atoms with Crippen LogP contribution in [0.3, 0.4) is 0 Å². The minimum absolute atomic E-state index is 0.144. The van der Waals surface area contributed by atoms with Crippen molar-refractivity contribution < 1.29 is 9.90 Å². The molecule has 1 fully saturated rings. The number of rotatable bonds is 3. The van der Waals surface area contributed by atoms with Gasteiger partial charge in [0.25, 0.3) is 5.91 Å². The number of nitrogens with one attached hydrogen (secondary N) is 1. The van der Waals surface area contributed by atoms with Crippen LogP contribution >= 0.6 is 11.7 Å². The summed E-state index contributed by atoms with van der Waals surface area (Å²) in [5.74, 6) is 0.332. The Morgan fingerprint density at radius 1 is 1.50 bits per heavy atom. The zero-order valence-corrected chi connectivity index (χ0v) is 9.74. The monoisotopic (exact) mass is 241 g/mol. The maximum atomic E-state index is 11.6. The van der Waals surface area contributed by atoms with Gasteiger partial charge in [-0.05, 0) is 31.6 Å². The van der Waals surface area contributed by atoms with Crippen LogP contribution in [0.1, 0.15) is 36.2 Å². The Hall–Kier alpha value is -1.01. The average molecular weight is 241 g/mol. The lowest BCUT2D eigenvalue weighted by molar-refractivity contribution is 0.0906. The van der Waals surface area contributed by atoms with Crippen molar-refractivity contribution in [3.8, 4) is 0 Å². The summed E-state index contributed by atoms with van der Waals surface area (Å²) in [5.41, 5.74) is 0.390. The van der Waals surface area contributed by atoms with E-state index in [0.29, 0.717) is 18.2 Å². The number of nitrogens with zero attached hydrogens (tertiary/aromatic N) is 2. The van der Waals surface area contributed by atoms with Gasteiger partial charge in [0.05, 0.1) is 24.0 Å². The SMILES string of the molecule is O=C(NCC1CCC(O)CC1)c1cnsn1. The summed E-state index contributed by atoms with van der Waals surface area (Å²) in [6.07, 6.45) is 4.99. The third-order valence-electron chi connectivity index (χ3n) is 2.96. The highest BCUT2D eigenvalue weighted by molar-refractivity contribution is 6.99. The van der Waals surface area contributed by atoms with E-state index in [1.165, 1.54) is 6.20 Å². The summed E-state index contributed by atoms with van der Waals surface area (Å²) in [4.78, 5) is 11.6. The molecule has 0 atom stereocenters. The van der Waals surface area contributed by atoms with Crippen LogP contribution in [-0.2, 0) is 0 Å². The lowest BCUT2D eigenvalue weighted by atomic mass is 9.87. The first-order valence-electron chi connectivity index (χ1n) is 5.49. The van der Waals surface area contributed by atoms with Crippen molar-refractivity contribution in [2.75, 3.05) is 6.54 Å². The predicted octanol–water partition coefficient (Wildman–Crippen LogP) is 0.819. The highest BCUT2D eigenvalue weighted by Crippen LogP contribution is 2.23. The van der Waals surface area contributed by atoms with Gasteiger partial charge in [0.2, 0.25) is 0 Å². The third-order valence-corrected chi connectivity index (χ3v) is 3.44. The molecule has 2 rings (SSSR count). The largest absolute Gasteiger partial charge is 0.393 e. The van der Waals surface area contributed by atoms with Crippen molar-refractivity contribution in [2.24, 2.45) is 5.92 Å². The Morgan fingerprint density at radius 3 is 2.88 bits per heavy atom. The normalized spacial score (nSPS) is 25.3. The fourth-order valence-corrected chi connectivity index (χ4v) is 2.35. The topological polar surface area (TPSA) is 75.1 Å². The Bertz CT molecular complexity index is 334. The second kappa shape index (κ2) is 5.36. The molecule has 1 amide bonds. The average Bonchev–Trinajstić information content (AvgIpc) is 2.81. The number of aliphatic hydroxyl groups excluding tert-OH is 1. The van der Waals surface area contributed by atoms with Crippen LogP contribution in [0, 0.1) is 5.92 Å². The van der Waals surface area contributed by atoms with E-state index in [4.69, 9.17) is 0 Å². The fourth-order valence-electron chi connectivity index (χ4n) is 1.94. The van der Waals surface area contributed by atoms with Gasteiger partial charge in [-0.2, -0.15) is 8.75 Å². The molecule has 0 radical (unpaired) electrons. The summed E-state index contributed by atoms with van der Waals surface area (Å²) in [6, 6.07) is 0. The van der Waals surface area contributed by atoms with Crippen LogP contribution in [0.5, 0.6) is 0 Å². The minimum Gasteiger partial charge on any atom is -0.393 e. The molecule has 1 heterocycles. The summed E-state index contributed by atoms with van der Waals surface area (Å²) < 4.78 is 7.66. The number of hydrogen-bond donors (Lipinski definition) is 2.